The average molecular weight is 373 g/mol. The standard InChI is InChI=1S/2C8H10.2CH4.2CH3.Y.2H2/c2*1-7-5-3-4-6-8(7)2;;;;;;;/h2*3-6H,1-2H3;2*1H4;2*1H3;;2*1H/q;;;;2*-1;;;/i;;2*1D;;;;2*1+1D. The van der Waals surface area contributed by atoms with Crippen molar-refractivity contribution in [3.05, 3.63) is 85.6 Å². The molecule has 0 saturated heterocycles. The molecule has 0 saturated carbocycles. The number of benzene rings is 2. The van der Waals surface area contributed by atoms with Crippen LogP contribution in [0.4, 0.5) is 0 Å². The largest absolute Gasteiger partial charge is 0.358 e. The summed E-state index contributed by atoms with van der Waals surface area (Å²) in [6.07, 6.45) is 0. The zero-order valence-corrected chi connectivity index (χ0v) is 18.0. The van der Waals surface area contributed by atoms with Crippen LogP contribution in [-0.2, 0) is 32.7 Å². The molecule has 2 aromatic carbocycles. The van der Waals surface area contributed by atoms with Crippen molar-refractivity contribution in [2.45, 2.75) is 42.5 Å². The molecule has 0 aliphatic carbocycles. The predicted molar refractivity (Wildman–Crippen MR) is 102 cm³/mol. The van der Waals surface area contributed by atoms with Crippen LogP contribution in [0.25, 0.3) is 0 Å². The second-order valence-electron chi connectivity index (χ2n) is 4.17. The van der Waals surface area contributed by atoms with E-state index in [0.717, 1.165) is 0 Å². The first-order valence-corrected chi connectivity index (χ1v) is 5.65. The first-order chi connectivity index (χ1) is 11.6. The Kier molecular flexibility index (Phi) is 17.2. The molecule has 1 radical (unpaired) electrons. The Bertz CT molecular complexity index is 382. The van der Waals surface area contributed by atoms with Crippen LogP contribution in [0, 0.1) is 42.5 Å². The van der Waals surface area contributed by atoms with Crippen molar-refractivity contribution < 1.29 is 41.4 Å². The summed E-state index contributed by atoms with van der Waals surface area (Å²) in [7, 11) is 2.50. The molecule has 0 heterocycles. The van der Waals surface area contributed by atoms with E-state index in [1.807, 2.05) is 0 Å². The van der Waals surface area contributed by atoms with Crippen LogP contribution in [-0.4, -0.2) is 0 Å². The Balaban J connectivity index is -0.0000000401. The predicted octanol–water partition coefficient (Wildman–Crippen LogP) is 7.27. The minimum atomic E-state index is 0. The maximum absolute atomic E-state index is 5.75. The molecule has 0 unspecified atom stereocenters. The van der Waals surface area contributed by atoms with Crippen LogP contribution in [0.2, 0.25) is 0 Å². The van der Waals surface area contributed by atoms with Gasteiger partial charge in [0.25, 0.3) is 0 Å². The van der Waals surface area contributed by atoms with E-state index in [2.05, 4.69) is 76.2 Å². The molecule has 0 nitrogen and oxygen atoms in total. The maximum Gasteiger partial charge on any atom is 0.0194 e. The van der Waals surface area contributed by atoms with Crippen molar-refractivity contribution in [3.8, 4) is 0 Å². The number of rotatable bonds is 0. The molecule has 0 aliphatic heterocycles. The van der Waals surface area contributed by atoms with Gasteiger partial charge in [0, 0.05) is 41.4 Å². The normalized spacial score (nSPS) is 8.48. The summed E-state index contributed by atoms with van der Waals surface area (Å²) in [5, 5.41) is 0. The van der Waals surface area contributed by atoms with E-state index in [-0.39, 0.29) is 47.6 Å². The summed E-state index contributed by atoms with van der Waals surface area (Å²) < 4.78 is 31.5. The van der Waals surface area contributed by atoms with Gasteiger partial charge in [0.05, 0.1) is 0 Å². The van der Waals surface area contributed by atoms with Gasteiger partial charge in [-0.1, -0.05) is 63.3 Å². The minimum absolute atomic E-state index is 0. The summed E-state index contributed by atoms with van der Waals surface area (Å²) in [6, 6.07) is 16.7. The summed E-state index contributed by atoms with van der Waals surface area (Å²) >= 11 is 0. The quantitative estimate of drug-likeness (QED) is 0.426. The van der Waals surface area contributed by atoms with Crippen LogP contribution in [0.15, 0.2) is 48.5 Å². The van der Waals surface area contributed by atoms with Crippen LogP contribution in [0.1, 0.15) is 45.7 Å². The van der Waals surface area contributed by atoms with Crippen molar-refractivity contribution in [1.82, 2.24) is 0 Å². The molecule has 0 aliphatic rings. The fraction of sp³-hybridized carbons (Fsp3) is 0.300. The van der Waals surface area contributed by atoms with Gasteiger partial charge in [-0.05, 0) is 49.9 Å². The van der Waals surface area contributed by atoms with Gasteiger partial charge < -0.3 is 14.9 Å². The van der Waals surface area contributed by atoms with E-state index in [1.54, 1.807) is 0 Å². The third kappa shape index (κ3) is 13.0. The average Bonchev–Trinajstić information content (AvgIpc) is 2.67. The summed E-state index contributed by atoms with van der Waals surface area (Å²) in [5.74, 6) is 0. The third-order valence-corrected chi connectivity index (χ3v) is 2.85. The summed E-state index contributed by atoms with van der Waals surface area (Å²) in [4.78, 5) is 0. The maximum atomic E-state index is 5.75. The molecule has 0 N–H and O–H groups in total. The van der Waals surface area contributed by atoms with Gasteiger partial charge in [-0.2, -0.15) is 0 Å². The molecule has 0 atom stereocenters. The Morgan fingerprint density at radius 2 is 0.810 bits per heavy atom. The molecule has 0 aromatic heterocycles. The summed E-state index contributed by atoms with van der Waals surface area (Å²) in [6.45, 7) is 8.48. The molecule has 123 valence electrons. The van der Waals surface area contributed by atoms with Crippen molar-refractivity contribution in [2.24, 2.45) is 0 Å². The zero-order valence-electron chi connectivity index (χ0n) is 21.2. The van der Waals surface area contributed by atoms with Crippen LogP contribution >= 0.6 is 0 Å². The van der Waals surface area contributed by atoms with Gasteiger partial charge in [0.15, 0.2) is 0 Å². The molecular weight excluding hydrogens is 329 g/mol. The van der Waals surface area contributed by atoms with E-state index >= 15 is 0 Å². The fourth-order valence-corrected chi connectivity index (χ4v) is 1.33. The monoisotopic (exact) mass is 373 g/mol. The Morgan fingerprint density at radius 1 is 0.667 bits per heavy atom. The Labute approximate surface area is 169 Å². The van der Waals surface area contributed by atoms with Gasteiger partial charge >= 0.3 is 0 Å². The molecule has 1 heteroatoms. The SMILES string of the molecule is Cc1ccccc1C.Cc1ccccc1C.[2H]C.[2H]C.[2H][2H].[2H][2H].[CH3-].[CH3-].[Y]. The van der Waals surface area contributed by atoms with E-state index in [9.17, 15) is 0 Å². The molecule has 0 amide bonds. The molecule has 0 bridgehead atoms. The van der Waals surface area contributed by atoms with Crippen molar-refractivity contribution in [1.29, 1.82) is 0 Å². The van der Waals surface area contributed by atoms with Gasteiger partial charge in [0.2, 0.25) is 0 Å². The summed E-state index contributed by atoms with van der Waals surface area (Å²) in [5.41, 5.74) is 5.47. The molecular formula is C20H38Y-2. The van der Waals surface area contributed by atoms with Crippen LogP contribution in [0.5, 0.6) is 0 Å². The molecule has 0 spiro atoms. The molecule has 0 fully saturated rings. The van der Waals surface area contributed by atoms with E-state index < -0.39 is 0 Å². The molecule has 2 rings (SSSR count). The van der Waals surface area contributed by atoms with Gasteiger partial charge in [-0.3, -0.25) is 0 Å². The zero-order chi connectivity index (χ0) is 20.0. The van der Waals surface area contributed by atoms with Crippen molar-refractivity contribution in [2.75, 3.05) is 0 Å². The second-order valence-corrected chi connectivity index (χ2v) is 4.17. The van der Waals surface area contributed by atoms with Crippen molar-refractivity contribution >= 4 is 0 Å². The topological polar surface area (TPSA) is 0 Å². The third-order valence-electron chi connectivity index (χ3n) is 2.85. The first kappa shape index (κ1) is 20.5. The van der Waals surface area contributed by atoms with Gasteiger partial charge in [-0.15, -0.1) is 0 Å². The first-order valence-electron chi connectivity index (χ1n) is 9.65. The Morgan fingerprint density at radius 3 is 0.905 bits per heavy atom. The molecule has 21 heavy (non-hydrogen) atoms. The number of hydrogen-bond acceptors (Lipinski definition) is 0. The van der Waals surface area contributed by atoms with Crippen molar-refractivity contribution in [3.63, 3.8) is 0 Å². The number of hydrogen-bond donors (Lipinski definition) is 0. The second kappa shape index (κ2) is 17.6. The van der Waals surface area contributed by atoms with Crippen LogP contribution in [0.3, 0.4) is 0 Å². The van der Waals surface area contributed by atoms with E-state index in [0.29, 0.717) is 0 Å². The van der Waals surface area contributed by atoms with E-state index in [1.165, 1.54) is 37.1 Å². The van der Waals surface area contributed by atoms with Gasteiger partial charge in [0.1, 0.15) is 0 Å². The van der Waals surface area contributed by atoms with Crippen LogP contribution < -0.4 is 0 Å². The van der Waals surface area contributed by atoms with E-state index in [4.69, 9.17) is 8.68 Å². The van der Waals surface area contributed by atoms with Gasteiger partial charge in [-0.25, -0.2) is 0 Å². The Hall–Kier alpha value is -0.456. The number of aryl methyl sites for hydroxylation is 4. The fourth-order valence-electron chi connectivity index (χ4n) is 1.33. The minimum Gasteiger partial charge on any atom is -0.358 e. The molecule has 2 aromatic rings. The smallest absolute Gasteiger partial charge is 0.0194 e.